The molecule has 110 valence electrons. The van der Waals surface area contributed by atoms with Gasteiger partial charge >= 0.3 is 0 Å². The van der Waals surface area contributed by atoms with Crippen molar-refractivity contribution in [2.24, 2.45) is 0 Å². The third-order valence-corrected chi connectivity index (χ3v) is 4.96. The Morgan fingerprint density at radius 3 is 2.85 bits per heavy atom. The van der Waals surface area contributed by atoms with E-state index in [0.29, 0.717) is 6.04 Å². The molecule has 0 spiro atoms. The minimum absolute atomic E-state index is 0.484. The summed E-state index contributed by atoms with van der Waals surface area (Å²) in [6.45, 7) is 6.36. The van der Waals surface area contributed by atoms with Gasteiger partial charge in [-0.15, -0.1) is 0 Å². The molecule has 2 aliphatic heterocycles. The Bertz CT molecular complexity index is 406. The predicted octanol–water partition coefficient (Wildman–Crippen LogP) is 2.12. The fourth-order valence-corrected chi connectivity index (χ4v) is 3.73. The zero-order chi connectivity index (χ0) is 13.8. The average molecular weight is 273 g/mol. The Balaban J connectivity index is 1.51. The highest BCUT2D eigenvalue weighted by Gasteiger charge is 2.30. The summed E-state index contributed by atoms with van der Waals surface area (Å²) in [6.07, 6.45) is 4.01. The Labute approximate surface area is 123 Å². The normalized spacial score (nSPS) is 25.6. The van der Waals surface area contributed by atoms with Crippen LogP contribution in [0, 0.1) is 0 Å². The van der Waals surface area contributed by atoms with E-state index in [-0.39, 0.29) is 0 Å². The lowest BCUT2D eigenvalue weighted by Crippen LogP contribution is -2.50. The molecular weight excluding hydrogens is 246 g/mol. The lowest BCUT2D eigenvalue weighted by molar-refractivity contribution is 0.101. The van der Waals surface area contributed by atoms with Crippen LogP contribution >= 0.6 is 0 Å². The number of hydrogen-bond donors (Lipinski definition) is 1. The monoisotopic (exact) mass is 273 g/mol. The third kappa shape index (κ3) is 3.22. The maximum atomic E-state index is 3.47. The summed E-state index contributed by atoms with van der Waals surface area (Å²) in [7, 11) is 2.08. The molecule has 2 unspecified atom stereocenters. The van der Waals surface area contributed by atoms with E-state index in [1.165, 1.54) is 57.5 Å². The van der Waals surface area contributed by atoms with E-state index >= 15 is 0 Å². The van der Waals surface area contributed by atoms with Crippen molar-refractivity contribution in [2.45, 2.75) is 31.3 Å². The number of hydrogen-bond acceptors (Lipinski definition) is 3. The summed E-state index contributed by atoms with van der Waals surface area (Å²) >= 11 is 0. The van der Waals surface area contributed by atoms with Crippen LogP contribution in [0.3, 0.4) is 0 Å². The number of nitrogens with zero attached hydrogens (tertiary/aromatic N) is 2. The number of nitrogens with one attached hydrogen (secondary N) is 1. The Kier molecular flexibility index (Phi) is 4.71. The lowest BCUT2D eigenvalue weighted by atomic mass is 10.0. The molecule has 2 fully saturated rings. The zero-order valence-corrected chi connectivity index (χ0v) is 12.6. The van der Waals surface area contributed by atoms with Crippen molar-refractivity contribution in [1.29, 1.82) is 0 Å². The molecule has 1 aromatic rings. The van der Waals surface area contributed by atoms with Gasteiger partial charge in [-0.2, -0.15) is 0 Å². The highest BCUT2D eigenvalue weighted by molar-refractivity contribution is 5.18. The molecule has 0 saturated carbocycles. The van der Waals surface area contributed by atoms with Crippen molar-refractivity contribution in [2.75, 3.05) is 39.8 Å². The van der Waals surface area contributed by atoms with Crippen LogP contribution in [0.1, 0.15) is 30.9 Å². The molecule has 3 nitrogen and oxygen atoms in total. The Morgan fingerprint density at radius 2 is 2.05 bits per heavy atom. The molecule has 2 aliphatic rings. The first-order valence-corrected chi connectivity index (χ1v) is 8.05. The quantitative estimate of drug-likeness (QED) is 0.886. The Hall–Kier alpha value is -0.900. The predicted molar refractivity (Wildman–Crippen MR) is 83.9 cm³/mol. The molecule has 2 heterocycles. The first kappa shape index (κ1) is 14.1. The number of fused-ring (bicyclic) bond motifs is 1. The second kappa shape index (κ2) is 6.70. The largest absolute Gasteiger partial charge is 0.313 e. The minimum Gasteiger partial charge on any atom is -0.313 e. The van der Waals surface area contributed by atoms with Crippen LogP contribution in [-0.2, 0) is 0 Å². The molecule has 3 heteroatoms. The topological polar surface area (TPSA) is 18.5 Å². The molecule has 2 saturated heterocycles. The second-order valence-electron chi connectivity index (χ2n) is 6.17. The first-order valence-electron chi connectivity index (χ1n) is 8.05. The summed E-state index contributed by atoms with van der Waals surface area (Å²) in [6, 6.07) is 12.2. The van der Waals surface area contributed by atoms with Gasteiger partial charge in [0.05, 0.1) is 0 Å². The standard InChI is InChI=1S/C17H27N3/c1-18-17(15-6-3-2-4-7-15)9-11-19-12-13-20-10-5-8-16(20)14-19/h2-4,6-7,16-18H,5,8-14H2,1H3. The van der Waals surface area contributed by atoms with E-state index in [4.69, 9.17) is 0 Å². The van der Waals surface area contributed by atoms with E-state index in [9.17, 15) is 0 Å². The summed E-state index contributed by atoms with van der Waals surface area (Å²) in [4.78, 5) is 5.35. The fraction of sp³-hybridized carbons (Fsp3) is 0.647. The minimum atomic E-state index is 0.484. The summed E-state index contributed by atoms with van der Waals surface area (Å²) in [5.74, 6) is 0. The molecule has 0 aliphatic carbocycles. The molecule has 1 N–H and O–H groups in total. The van der Waals surface area contributed by atoms with Crippen LogP contribution < -0.4 is 5.32 Å². The van der Waals surface area contributed by atoms with Crippen LogP contribution in [0.2, 0.25) is 0 Å². The van der Waals surface area contributed by atoms with Crippen LogP contribution in [0.4, 0.5) is 0 Å². The zero-order valence-electron chi connectivity index (χ0n) is 12.6. The van der Waals surface area contributed by atoms with Crippen LogP contribution in [0.5, 0.6) is 0 Å². The van der Waals surface area contributed by atoms with Gasteiger partial charge in [0.25, 0.3) is 0 Å². The van der Waals surface area contributed by atoms with Crippen molar-refractivity contribution in [3.05, 3.63) is 35.9 Å². The van der Waals surface area contributed by atoms with Crippen molar-refractivity contribution in [3.8, 4) is 0 Å². The van der Waals surface area contributed by atoms with Crippen molar-refractivity contribution >= 4 is 0 Å². The second-order valence-corrected chi connectivity index (χ2v) is 6.17. The summed E-state index contributed by atoms with van der Waals surface area (Å²) in [5, 5.41) is 3.47. The van der Waals surface area contributed by atoms with Crippen molar-refractivity contribution < 1.29 is 0 Å². The van der Waals surface area contributed by atoms with E-state index in [0.717, 1.165) is 6.04 Å². The molecule has 0 amide bonds. The number of benzene rings is 1. The van der Waals surface area contributed by atoms with Crippen LogP contribution in [0.15, 0.2) is 30.3 Å². The summed E-state index contributed by atoms with van der Waals surface area (Å²) < 4.78 is 0. The van der Waals surface area contributed by atoms with E-state index in [2.05, 4.69) is 52.5 Å². The van der Waals surface area contributed by atoms with Gasteiger partial charge in [-0.25, -0.2) is 0 Å². The number of rotatable bonds is 5. The maximum absolute atomic E-state index is 3.47. The average Bonchev–Trinajstić information content (AvgIpc) is 2.96. The van der Waals surface area contributed by atoms with Gasteiger partial charge in [0.15, 0.2) is 0 Å². The van der Waals surface area contributed by atoms with E-state index < -0.39 is 0 Å². The van der Waals surface area contributed by atoms with Gasteiger partial charge in [-0.3, -0.25) is 4.90 Å². The first-order chi connectivity index (χ1) is 9.86. The molecule has 3 rings (SSSR count). The summed E-state index contributed by atoms with van der Waals surface area (Å²) in [5.41, 5.74) is 1.41. The van der Waals surface area contributed by atoms with Gasteiger partial charge in [-0.05, 0) is 38.4 Å². The molecular formula is C17H27N3. The molecule has 0 aromatic heterocycles. The van der Waals surface area contributed by atoms with Crippen molar-refractivity contribution in [3.63, 3.8) is 0 Å². The molecule has 1 aromatic carbocycles. The smallest absolute Gasteiger partial charge is 0.0329 e. The van der Waals surface area contributed by atoms with E-state index in [1.54, 1.807) is 0 Å². The van der Waals surface area contributed by atoms with Gasteiger partial charge in [0.1, 0.15) is 0 Å². The molecule has 0 radical (unpaired) electrons. The highest BCUT2D eigenvalue weighted by atomic mass is 15.3. The van der Waals surface area contributed by atoms with Crippen molar-refractivity contribution in [1.82, 2.24) is 15.1 Å². The van der Waals surface area contributed by atoms with E-state index in [1.807, 2.05) is 0 Å². The van der Waals surface area contributed by atoms with Crippen LogP contribution in [-0.4, -0.2) is 55.6 Å². The van der Waals surface area contributed by atoms with Gasteiger partial charge in [-0.1, -0.05) is 30.3 Å². The third-order valence-electron chi connectivity index (χ3n) is 4.96. The SMILES string of the molecule is CNC(CCN1CCN2CCCC2C1)c1ccccc1. The van der Waals surface area contributed by atoms with Gasteiger partial charge < -0.3 is 10.2 Å². The maximum Gasteiger partial charge on any atom is 0.0329 e. The highest BCUT2D eigenvalue weighted by Crippen LogP contribution is 2.23. The number of piperazine rings is 1. The van der Waals surface area contributed by atoms with Gasteiger partial charge in [0, 0.05) is 38.3 Å². The molecule has 2 atom stereocenters. The van der Waals surface area contributed by atoms with Gasteiger partial charge in [0.2, 0.25) is 0 Å². The molecule has 0 bridgehead atoms. The van der Waals surface area contributed by atoms with Crippen LogP contribution in [0.25, 0.3) is 0 Å². The Morgan fingerprint density at radius 1 is 1.20 bits per heavy atom. The lowest BCUT2D eigenvalue weighted by Gasteiger charge is -2.38. The fourth-order valence-electron chi connectivity index (χ4n) is 3.73. The molecule has 20 heavy (non-hydrogen) atoms.